The minimum atomic E-state index is -1.36. The maximum Gasteiger partial charge on any atom is 0.164 e. The van der Waals surface area contributed by atoms with Crippen molar-refractivity contribution in [3.8, 4) is 0 Å². The molecule has 1 aliphatic rings. The Labute approximate surface area is 181 Å². The zero-order valence-electron chi connectivity index (χ0n) is 19.9. The summed E-state index contributed by atoms with van der Waals surface area (Å²) in [4.78, 5) is 53.5. The molecular formula is C26H38O4. The van der Waals surface area contributed by atoms with Crippen molar-refractivity contribution in [3.05, 3.63) is 34.9 Å². The molecule has 2 atom stereocenters. The fraction of sp³-hybridized carbons (Fsp3) is 0.615. The lowest BCUT2D eigenvalue weighted by atomic mass is 9.58. The third-order valence-electron chi connectivity index (χ3n) is 5.56. The van der Waals surface area contributed by atoms with Gasteiger partial charge in [0.05, 0.1) is 11.3 Å². The van der Waals surface area contributed by atoms with E-state index in [1.165, 1.54) is 0 Å². The van der Waals surface area contributed by atoms with Gasteiger partial charge >= 0.3 is 0 Å². The van der Waals surface area contributed by atoms with Crippen molar-refractivity contribution in [2.75, 3.05) is 0 Å². The van der Waals surface area contributed by atoms with Crippen molar-refractivity contribution < 1.29 is 19.2 Å². The number of hydrogen-bond acceptors (Lipinski definition) is 4. The molecule has 166 valence electrons. The third kappa shape index (κ3) is 6.20. The van der Waals surface area contributed by atoms with Crippen LogP contribution in [0.5, 0.6) is 0 Å². The summed E-state index contributed by atoms with van der Waals surface area (Å²) in [6.07, 6.45) is 6.46. The summed E-state index contributed by atoms with van der Waals surface area (Å²) < 4.78 is 0. The van der Waals surface area contributed by atoms with E-state index in [0.29, 0.717) is 0 Å². The van der Waals surface area contributed by atoms with Gasteiger partial charge in [-0.3, -0.25) is 19.2 Å². The van der Waals surface area contributed by atoms with Crippen LogP contribution in [-0.4, -0.2) is 23.1 Å². The molecule has 0 spiro atoms. The first-order valence-electron chi connectivity index (χ1n) is 10.9. The normalized spacial score (nSPS) is 20.8. The number of allylic oxidation sites excluding steroid dienone is 6. The molecule has 0 aromatic rings. The van der Waals surface area contributed by atoms with E-state index in [2.05, 4.69) is 0 Å². The summed E-state index contributed by atoms with van der Waals surface area (Å²) in [7, 11) is 0. The van der Waals surface area contributed by atoms with Crippen LogP contribution in [0.15, 0.2) is 34.9 Å². The van der Waals surface area contributed by atoms with Crippen LogP contribution >= 0.6 is 0 Å². The van der Waals surface area contributed by atoms with Gasteiger partial charge in [-0.15, -0.1) is 0 Å². The summed E-state index contributed by atoms with van der Waals surface area (Å²) in [6, 6.07) is 0. The van der Waals surface area contributed by atoms with Crippen LogP contribution in [0.1, 0.15) is 81.1 Å². The molecule has 0 aliphatic heterocycles. The molecular weight excluding hydrogens is 376 g/mol. The van der Waals surface area contributed by atoms with E-state index in [1.807, 2.05) is 73.6 Å². The summed E-state index contributed by atoms with van der Waals surface area (Å²) in [5.74, 6) is -3.96. The molecule has 0 unspecified atom stereocenters. The first kappa shape index (κ1) is 25.9. The Hall–Kier alpha value is -2.10. The number of Topliss-reactive ketones (excluding diaryl/α,β-unsaturated/α-hetero) is 4. The predicted molar refractivity (Wildman–Crippen MR) is 121 cm³/mol. The SMILES string of the molecule is CC(C)=CC[C@@H]1C(=O)[C@H](C(=O)CC(C)C)C(=O)C(CC=C(C)C)(CC=C(C)C)C1=O. The van der Waals surface area contributed by atoms with Crippen LogP contribution in [0, 0.1) is 23.2 Å². The van der Waals surface area contributed by atoms with Gasteiger partial charge in [0.15, 0.2) is 23.1 Å². The Bertz CT molecular complexity index is 760. The second kappa shape index (κ2) is 10.8. The topological polar surface area (TPSA) is 68.3 Å². The molecule has 4 nitrogen and oxygen atoms in total. The van der Waals surface area contributed by atoms with Gasteiger partial charge in [0.25, 0.3) is 0 Å². The Kier molecular flexibility index (Phi) is 9.33. The van der Waals surface area contributed by atoms with Crippen LogP contribution in [0.2, 0.25) is 0 Å². The van der Waals surface area contributed by atoms with Crippen LogP contribution < -0.4 is 0 Å². The van der Waals surface area contributed by atoms with Gasteiger partial charge in [-0.05, 0) is 66.7 Å². The zero-order valence-corrected chi connectivity index (χ0v) is 19.9. The Morgan fingerprint density at radius 3 is 1.70 bits per heavy atom. The van der Waals surface area contributed by atoms with E-state index in [0.717, 1.165) is 16.7 Å². The van der Waals surface area contributed by atoms with Crippen molar-refractivity contribution in [1.29, 1.82) is 0 Å². The van der Waals surface area contributed by atoms with Crippen LogP contribution in [-0.2, 0) is 19.2 Å². The van der Waals surface area contributed by atoms with Gasteiger partial charge in [-0.1, -0.05) is 48.8 Å². The molecule has 0 saturated heterocycles. The van der Waals surface area contributed by atoms with Crippen LogP contribution in [0.3, 0.4) is 0 Å². The Morgan fingerprint density at radius 2 is 1.30 bits per heavy atom. The smallest absolute Gasteiger partial charge is 0.164 e. The van der Waals surface area contributed by atoms with E-state index in [4.69, 9.17) is 0 Å². The van der Waals surface area contributed by atoms with E-state index >= 15 is 0 Å². The van der Waals surface area contributed by atoms with E-state index in [-0.39, 0.29) is 43.2 Å². The second-order valence-corrected chi connectivity index (χ2v) is 9.75. The standard InChI is InChI=1S/C26H38O4/c1-16(2)9-10-20-23(28)22(21(27)15-19(7)8)25(30)26(24(20)29,13-11-17(3)4)14-12-18(5)6/h9,11-12,19-20,22H,10,13-15H2,1-8H3/t20-,22+/m1/s1. The molecule has 0 aromatic carbocycles. The molecule has 4 heteroatoms. The molecule has 30 heavy (non-hydrogen) atoms. The number of hydrogen-bond donors (Lipinski definition) is 0. The van der Waals surface area contributed by atoms with Crippen molar-refractivity contribution in [3.63, 3.8) is 0 Å². The lowest BCUT2D eigenvalue weighted by molar-refractivity contribution is -0.158. The zero-order chi connectivity index (χ0) is 23.2. The highest BCUT2D eigenvalue weighted by Crippen LogP contribution is 2.43. The van der Waals surface area contributed by atoms with Crippen LogP contribution in [0.4, 0.5) is 0 Å². The van der Waals surface area contributed by atoms with Gasteiger partial charge < -0.3 is 0 Å². The fourth-order valence-electron chi connectivity index (χ4n) is 3.84. The first-order chi connectivity index (χ1) is 13.8. The fourth-order valence-corrected chi connectivity index (χ4v) is 3.84. The minimum Gasteiger partial charge on any atom is -0.298 e. The lowest BCUT2D eigenvalue weighted by Gasteiger charge is -2.40. The van der Waals surface area contributed by atoms with Gasteiger partial charge in [-0.25, -0.2) is 0 Å². The number of carbonyl (C=O) groups excluding carboxylic acids is 4. The van der Waals surface area contributed by atoms with Crippen molar-refractivity contribution in [2.24, 2.45) is 23.2 Å². The van der Waals surface area contributed by atoms with Gasteiger partial charge in [0.1, 0.15) is 5.92 Å². The highest BCUT2D eigenvalue weighted by atomic mass is 16.2. The second-order valence-electron chi connectivity index (χ2n) is 9.75. The molecule has 0 aromatic heterocycles. The average Bonchev–Trinajstić information content (AvgIpc) is 2.60. The van der Waals surface area contributed by atoms with Crippen LogP contribution in [0.25, 0.3) is 0 Å². The molecule has 1 rings (SSSR count). The first-order valence-corrected chi connectivity index (χ1v) is 10.9. The maximum absolute atomic E-state index is 13.7. The van der Waals surface area contributed by atoms with Crippen molar-refractivity contribution in [2.45, 2.75) is 81.1 Å². The minimum absolute atomic E-state index is 0.0388. The number of carbonyl (C=O) groups is 4. The Balaban J connectivity index is 3.64. The molecule has 1 saturated carbocycles. The monoisotopic (exact) mass is 414 g/mol. The molecule has 1 fully saturated rings. The van der Waals surface area contributed by atoms with Crippen molar-refractivity contribution in [1.82, 2.24) is 0 Å². The highest BCUT2D eigenvalue weighted by Gasteiger charge is 2.58. The lowest BCUT2D eigenvalue weighted by Crippen LogP contribution is -2.57. The molecule has 0 radical (unpaired) electrons. The molecule has 0 heterocycles. The average molecular weight is 415 g/mol. The third-order valence-corrected chi connectivity index (χ3v) is 5.56. The largest absolute Gasteiger partial charge is 0.298 e. The number of rotatable bonds is 9. The quantitative estimate of drug-likeness (QED) is 0.363. The summed E-state index contributed by atoms with van der Waals surface area (Å²) in [6.45, 7) is 15.3. The summed E-state index contributed by atoms with van der Waals surface area (Å²) in [5, 5.41) is 0. The van der Waals surface area contributed by atoms with E-state index in [9.17, 15) is 19.2 Å². The van der Waals surface area contributed by atoms with Gasteiger partial charge in [0, 0.05) is 6.42 Å². The van der Waals surface area contributed by atoms with Gasteiger partial charge in [-0.2, -0.15) is 0 Å². The molecule has 0 N–H and O–H groups in total. The molecule has 0 bridgehead atoms. The molecule has 0 amide bonds. The van der Waals surface area contributed by atoms with E-state index in [1.54, 1.807) is 0 Å². The number of ketones is 4. The Morgan fingerprint density at radius 1 is 0.833 bits per heavy atom. The summed E-state index contributed by atoms with van der Waals surface area (Å²) >= 11 is 0. The highest BCUT2D eigenvalue weighted by molar-refractivity contribution is 6.34. The van der Waals surface area contributed by atoms with Gasteiger partial charge in [0.2, 0.25) is 0 Å². The maximum atomic E-state index is 13.7. The summed E-state index contributed by atoms with van der Waals surface area (Å²) in [5.41, 5.74) is 1.63. The predicted octanol–water partition coefficient (Wildman–Crippen LogP) is 5.61. The van der Waals surface area contributed by atoms with E-state index < -0.39 is 28.8 Å². The van der Waals surface area contributed by atoms with Crippen molar-refractivity contribution >= 4 is 23.1 Å². The molecule has 1 aliphatic carbocycles.